The molecule has 1 aromatic heterocycles. The fourth-order valence-electron chi connectivity index (χ4n) is 4.33. The minimum atomic E-state index is -1.14. The van der Waals surface area contributed by atoms with Gasteiger partial charge in [0.05, 0.1) is 13.5 Å². The van der Waals surface area contributed by atoms with Gasteiger partial charge in [0.1, 0.15) is 7.05 Å². The van der Waals surface area contributed by atoms with E-state index in [0.29, 0.717) is 5.92 Å². The summed E-state index contributed by atoms with van der Waals surface area (Å²) in [6, 6.07) is 19.5. The average molecular weight is 361 g/mol. The molecular formula is C24H30NSi+. The van der Waals surface area contributed by atoms with Crippen LogP contribution in [0.4, 0.5) is 0 Å². The molecule has 3 aromatic rings. The highest BCUT2D eigenvalue weighted by atomic mass is 28.3. The predicted molar refractivity (Wildman–Crippen MR) is 115 cm³/mol. The van der Waals surface area contributed by atoms with E-state index in [1.54, 1.807) is 5.19 Å². The Hall–Kier alpha value is -1.93. The molecule has 4 rings (SSSR count). The second-order valence-corrected chi connectivity index (χ2v) is 13.4. The predicted octanol–water partition coefficient (Wildman–Crippen LogP) is 5.45. The lowest BCUT2D eigenvalue weighted by atomic mass is 9.94. The van der Waals surface area contributed by atoms with E-state index in [1.165, 1.54) is 51.7 Å². The molecule has 0 radical (unpaired) electrons. The van der Waals surface area contributed by atoms with Crippen molar-refractivity contribution in [1.29, 1.82) is 0 Å². The zero-order chi connectivity index (χ0) is 18.5. The molecule has 1 saturated heterocycles. The molecule has 0 bridgehead atoms. The van der Waals surface area contributed by atoms with Gasteiger partial charge in [-0.05, 0) is 41.5 Å². The lowest BCUT2D eigenvalue weighted by Gasteiger charge is -2.36. The lowest BCUT2D eigenvalue weighted by Crippen LogP contribution is -2.50. The van der Waals surface area contributed by atoms with Crippen LogP contribution in [-0.4, -0.2) is 8.07 Å². The van der Waals surface area contributed by atoms with Gasteiger partial charge in [-0.3, -0.25) is 0 Å². The van der Waals surface area contributed by atoms with Crippen LogP contribution < -0.4 is 9.75 Å². The molecule has 26 heavy (non-hydrogen) atoms. The molecule has 0 unspecified atom stereocenters. The summed E-state index contributed by atoms with van der Waals surface area (Å²) in [6.07, 6.45) is 3.66. The second-order valence-electron chi connectivity index (χ2n) is 8.72. The Kier molecular flexibility index (Phi) is 4.27. The van der Waals surface area contributed by atoms with Gasteiger partial charge in [-0.2, -0.15) is 0 Å². The van der Waals surface area contributed by atoms with E-state index in [1.807, 2.05) is 0 Å². The maximum Gasteiger partial charge on any atom is 0.220 e. The molecule has 0 amide bonds. The molecule has 0 aliphatic carbocycles. The van der Waals surface area contributed by atoms with Gasteiger partial charge in [-0.25, -0.2) is 4.57 Å². The van der Waals surface area contributed by atoms with Gasteiger partial charge in [0.25, 0.3) is 0 Å². The standard InChI is InChI=1S/C24H30NSi/c1-17(2)19-8-7-18(3)23(16-19)24-22-10-9-21(26(5)13-6-14-26)15-20(22)11-12-25(24)4/h7-12,15-17H,6,13-14H2,1-5H3/q+1. The number of hydrogen-bond acceptors (Lipinski definition) is 0. The number of benzene rings is 2. The van der Waals surface area contributed by atoms with Crippen molar-refractivity contribution in [2.75, 3.05) is 0 Å². The summed E-state index contributed by atoms with van der Waals surface area (Å²) in [6.45, 7) is 9.33. The fraction of sp³-hybridized carbons (Fsp3) is 0.375. The first-order chi connectivity index (χ1) is 12.4. The van der Waals surface area contributed by atoms with Gasteiger partial charge >= 0.3 is 0 Å². The Morgan fingerprint density at radius 3 is 2.42 bits per heavy atom. The Bertz CT molecular complexity index is 983. The van der Waals surface area contributed by atoms with Gasteiger partial charge in [0.15, 0.2) is 6.20 Å². The van der Waals surface area contributed by atoms with Gasteiger partial charge in [-0.1, -0.05) is 68.4 Å². The molecule has 2 heterocycles. The Morgan fingerprint density at radius 2 is 1.77 bits per heavy atom. The van der Waals surface area contributed by atoms with Gasteiger partial charge in [-0.15, -0.1) is 0 Å². The third kappa shape index (κ3) is 2.81. The largest absolute Gasteiger partial charge is 0.220 e. The molecule has 1 aliphatic heterocycles. The highest BCUT2D eigenvalue weighted by Crippen LogP contribution is 2.34. The number of pyridine rings is 1. The van der Waals surface area contributed by atoms with Crippen molar-refractivity contribution in [3.63, 3.8) is 0 Å². The minimum absolute atomic E-state index is 0.547. The van der Waals surface area contributed by atoms with Crippen molar-refractivity contribution in [2.24, 2.45) is 7.05 Å². The number of nitrogens with zero attached hydrogens (tertiary/aromatic N) is 1. The smallest absolute Gasteiger partial charge is 0.200 e. The highest BCUT2D eigenvalue weighted by Gasteiger charge is 2.36. The van der Waals surface area contributed by atoms with Crippen molar-refractivity contribution in [2.45, 2.75) is 51.7 Å². The number of fused-ring (bicyclic) bond motifs is 1. The molecule has 0 atom stereocenters. The summed E-state index contributed by atoms with van der Waals surface area (Å²) in [5, 5.41) is 4.41. The van der Waals surface area contributed by atoms with Gasteiger partial charge in [0.2, 0.25) is 5.69 Å². The maximum atomic E-state index is 2.55. The molecule has 2 aromatic carbocycles. The van der Waals surface area contributed by atoms with Crippen LogP contribution in [0.2, 0.25) is 18.6 Å². The first-order valence-corrected chi connectivity index (χ1v) is 12.8. The third-order valence-corrected chi connectivity index (χ3v) is 11.1. The molecule has 1 fully saturated rings. The van der Waals surface area contributed by atoms with E-state index in [2.05, 4.69) is 87.6 Å². The fourth-order valence-corrected chi connectivity index (χ4v) is 7.31. The number of aromatic nitrogens is 1. The summed E-state index contributed by atoms with van der Waals surface area (Å²) in [5.74, 6) is 0.547. The number of aryl methyl sites for hydroxylation is 2. The Morgan fingerprint density at radius 1 is 1.00 bits per heavy atom. The van der Waals surface area contributed by atoms with E-state index >= 15 is 0 Å². The molecule has 1 aliphatic rings. The SMILES string of the molecule is Cc1ccc(C(C)C)cc1-c1c2ccc([Si]3(C)CCC3)cc2cc[n+]1C. The summed E-state index contributed by atoms with van der Waals surface area (Å²) >= 11 is 0. The van der Waals surface area contributed by atoms with Crippen LogP contribution in [0.3, 0.4) is 0 Å². The van der Waals surface area contributed by atoms with E-state index in [0.717, 1.165) is 0 Å². The van der Waals surface area contributed by atoms with E-state index in [4.69, 9.17) is 0 Å². The zero-order valence-electron chi connectivity index (χ0n) is 16.8. The quantitative estimate of drug-likeness (QED) is 0.432. The van der Waals surface area contributed by atoms with Crippen LogP contribution in [0.25, 0.3) is 22.0 Å². The molecule has 0 saturated carbocycles. The van der Waals surface area contributed by atoms with Crippen LogP contribution in [0.1, 0.15) is 37.3 Å². The molecule has 134 valence electrons. The van der Waals surface area contributed by atoms with Crippen LogP contribution >= 0.6 is 0 Å². The van der Waals surface area contributed by atoms with Crippen molar-refractivity contribution < 1.29 is 4.57 Å². The molecular weight excluding hydrogens is 330 g/mol. The van der Waals surface area contributed by atoms with Gasteiger partial charge in [0, 0.05) is 11.6 Å². The first kappa shape index (κ1) is 17.5. The minimum Gasteiger partial charge on any atom is -0.200 e. The first-order valence-electron chi connectivity index (χ1n) is 9.93. The van der Waals surface area contributed by atoms with Crippen molar-refractivity contribution in [3.8, 4) is 11.3 Å². The van der Waals surface area contributed by atoms with E-state index in [-0.39, 0.29) is 0 Å². The van der Waals surface area contributed by atoms with E-state index < -0.39 is 8.07 Å². The third-order valence-electron chi connectivity index (χ3n) is 6.47. The van der Waals surface area contributed by atoms with Crippen molar-refractivity contribution in [3.05, 3.63) is 59.8 Å². The molecule has 0 spiro atoms. The average Bonchev–Trinajstić information content (AvgIpc) is 2.60. The Balaban J connectivity index is 1.93. The molecule has 1 nitrogen and oxygen atoms in total. The topological polar surface area (TPSA) is 3.88 Å². The molecule has 2 heteroatoms. The van der Waals surface area contributed by atoms with Gasteiger partial charge < -0.3 is 0 Å². The maximum absolute atomic E-state index is 2.55. The summed E-state index contributed by atoms with van der Waals surface area (Å²) in [5.41, 5.74) is 5.47. The van der Waals surface area contributed by atoms with Crippen molar-refractivity contribution in [1.82, 2.24) is 0 Å². The van der Waals surface area contributed by atoms with E-state index in [9.17, 15) is 0 Å². The highest BCUT2D eigenvalue weighted by molar-refractivity contribution is 6.93. The van der Waals surface area contributed by atoms with Crippen molar-refractivity contribution >= 4 is 24.0 Å². The van der Waals surface area contributed by atoms with Crippen LogP contribution in [-0.2, 0) is 7.05 Å². The van der Waals surface area contributed by atoms with Crippen LogP contribution in [0, 0.1) is 6.92 Å². The lowest BCUT2D eigenvalue weighted by molar-refractivity contribution is -0.659. The van der Waals surface area contributed by atoms with Crippen LogP contribution in [0.15, 0.2) is 48.7 Å². The zero-order valence-corrected chi connectivity index (χ0v) is 17.8. The van der Waals surface area contributed by atoms with Crippen LogP contribution in [0.5, 0.6) is 0 Å². The Labute approximate surface area is 158 Å². The number of rotatable bonds is 3. The molecule has 0 N–H and O–H groups in total. The summed E-state index contributed by atoms with van der Waals surface area (Å²) < 4.78 is 2.29. The second kappa shape index (κ2) is 6.35. The summed E-state index contributed by atoms with van der Waals surface area (Å²) in [7, 11) is 1.03. The number of hydrogen-bond donors (Lipinski definition) is 0. The monoisotopic (exact) mass is 360 g/mol. The normalized spacial score (nSPS) is 16.1. The summed E-state index contributed by atoms with van der Waals surface area (Å²) in [4.78, 5) is 0.